The summed E-state index contributed by atoms with van der Waals surface area (Å²) in [6.07, 6.45) is 0.639. The van der Waals surface area contributed by atoms with Crippen molar-refractivity contribution in [3.8, 4) is 0 Å². The summed E-state index contributed by atoms with van der Waals surface area (Å²) in [7, 11) is 0. The highest BCUT2D eigenvalue weighted by atomic mass is 32.2. The van der Waals surface area contributed by atoms with Crippen LogP contribution in [0.15, 0.2) is 0 Å². The molecule has 1 N–H and O–H groups in total. The van der Waals surface area contributed by atoms with E-state index in [4.69, 9.17) is 4.55 Å². The fourth-order valence-corrected chi connectivity index (χ4v) is 0.929. The van der Waals surface area contributed by atoms with Crippen LogP contribution in [0.4, 0.5) is 0 Å². The number of esters is 1. The first-order valence-electron chi connectivity index (χ1n) is 2.31. The van der Waals surface area contributed by atoms with Gasteiger partial charge < -0.3 is 9.29 Å². The molecule has 4 heteroatoms. The first-order valence-corrected chi connectivity index (χ1v) is 3.15. The van der Waals surface area contributed by atoms with E-state index in [0.29, 0.717) is 25.1 Å². The molecule has 1 aliphatic heterocycles. The van der Waals surface area contributed by atoms with Crippen molar-refractivity contribution in [2.45, 2.75) is 11.7 Å². The van der Waals surface area contributed by atoms with Crippen molar-refractivity contribution in [2.24, 2.45) is 0 Å². The summed E-state index contributed by atoms with van der Waals surface area (Å²) in [4.78, 5) is 10.4. The van der Waals surface area contributed by atoms with Crippen molar-refractivity contribution < 1.29 is 14.1 Å². The van der Waals surface area contributed by atoms with E-state index in [0.717, 1.165) is 0 Å². The molecule has 0 aliphatic carbocycles. The van der Waals surface area contributed by atoms with E-state index >= 15 is 0 Å². The highest BCUT2D eigenvalue weighted by Gasteiger charge is 2.26. The third-order valence-electron chi connectivity index (χ3n) is 1.01. The Morgan fingerprint density at radius 3 is 2.88 bits per heavy atom. The number of cyclic esters (lactones) is 1. The Labute approximate surface area is 51.2 Å². The molecular formula is C4H6O3S. The zero-order chi connectivity index (χ0) is 5.98. The molecule has 1 unspecified atom stereocenters. The monoisotopic (exact) mass is 134 g/mol. The van der Waals surface area contributed by atoms with Crippen LogP contribution in [-0.2, 0) is 9.53 Å². The van der Waals surface area contributed by atoms with Gasteiger partial charge in [0.05, 0.1) is 6.61 Å². The SMILES string of the molecule is O=C1OCCC1SO. The van der Waals surface area contributed by atoms with Gasteiger partial charge in [-0.05, 0) is 0 Å². The predicted molar refractivity (Wildman–Crippen MR) is 29.6 cm³/mol. The maximum Gasteiger partial charge on any atom is 0.321 e. The molecule has 3 nitrogen and oxygen atoms in total. The molecule has 0 spiro atoms. The Bertz CT molecular complexity index is 103. The maximum absolute atomic E-state index is 10.4. The number of hydrogen-bond acceptors (Lipinski definition) is 4. The second kappa shape index (κ2) is 2.37. The Morgan fingerprint density at radius 1 is 1.88 bits per heavy atom. The summed E-state index contributed by atoms with van der Waals surface area (Å²) in [5, 5.41) is -0.324. The van der Waals surface area contributed by atoms with Crippen LogP contribution in [0.2, 0.25) is 0 Å². The number of hydrogen-bond donors (Lipinski definition) is 1. The lowest BCUT2D eigenvalue weighted by atomic mass is 10.4. The molecule has 8 heavy (non-hydrogen) atoms. The molecule has 0 bridgehead atoms. The minimum Gasteiger partial charge on any atom is -0.465 e. The second-order valence-corrected chi connectivity index (χ2v) is 2.33. The third-order valence-corrected chi connectivity index (χ3v) is 1.70. The van der Waals surface area contributed by atoms with E-state index < -0.39 is 0 Å². The lowest BCUT2D eigenvalue weighted by molar-refractivity contribution is -0.137. The zero-order valence-electron chi connectivity index (χ0n) is 4.16. The van der Waals surface area contributed by atoms with Crippen molar-refractivity contribution >= 4 is 18.0 Å². The standard InChI is InChI=1S/C4H6O3S/c5-4-3(8-6)1-2-7-4/h3,6H,1-2H2. The smallest absolute Gasteiger partial charge is 0.321 e. The highest BCUT2D eigenvalue weighted by Crippen LogP contribution is 2.17. The minimum absolute atomic E-state index is 0.294. The fourth-order valence-electron chi connectivity index (χ4n) is 0.573. The normalized spacial score (nSPS) is 28.1. The van der Waals surface area contributed by atoms with E-state index in [2.05, 4.69) is 4.74 Å². The van der Waals surface area contributed by atoms with Gasteiger partial charge in [-0.1, -0.05) is 0 Å². The molecule has 1 rings (SSSR count). The Hall–Kier alpha value is -0.220. The minimum atomic E-state index is -0.324. The number of ether oxygens (including phenoxy) is 1. The van der Waals surface area contributed by atoms with Gasteiger partial charge in [0.2, 0.25) is 0 Å². The summed E-state index contributed by atoms with van der Waals surface area (Å²) in [6, 6.07) is 0. The molecule has 0 aromatic heterocycles. The summed E-state index contributed by atoms with van der Waals surface area (Å²) in [5.74, 6) is -0.294. The maximum atomic E-state index is 10.4. The van der Waals surface area contributed by atoms with E-state index in [9.17, 15) is 4.79 Å². The van der Waals surface area contributed by atoms with Gasteiger partial charge in [-0.3, -0.25) is 4.79 Å². The molecule has 0 radical (unpaired) electrons. The Morgan fingerprint density at radius 2 is 2.62 bits per heavy atom. The first-order chi connectivity index (χ1) is 3.84. The van der Waals surface area contributed by atoms with Gasteiger partial charge in [0.1, 0.15) is 5.25 Å². The zero-order valence-corrected chi connectivity index (χ0v) is 4.98. The molecular weight excluding hydrogens is 128 g/mol. The molecule has 1 heterocycles. The first kappa shape index (κ1) is 5.91. The van der Waals surface area contributed by atoms with Crippen molar-refractivity contribution in [3.05, 3.63) is 0 Å². The van der Waals surface area contributed by atoms with E-state index in [-0.39, 0.29) is 11.2 Å². The molecule has 1 aliphatic rings. The van der Waals surface area contributed by atoms with E-state index in [1.165, 1.54) is 0 Å². The van der Waals surface area contributed by atoms with Gasteiger partial charge in [-0.15, -0.1) is 0 Å². The van der Waals surface area contributed by atoms with Crippen molar-refractivity contribution in [1.82, 2.24) is 0 Å². The summed E-state index contributed by atoms with van der Waals surface area (Å²) in [5.41, 5.74) is 0. The lowest BCUT2D eigenvalue weighted by Gasteiger charge is -1.93. The van der Waals surface area contributed by atoms with Crippen LogP contribution in [0.5, 0.6) is 0 Å². The van der Waals surface area contributed by atoms with Crippen LogP contribution < -0.4 is 0 Å². The summed E-state index contributed by atoms with van der Waals surface area (Å²) in [6.45, 7) is 0.455. The molecule has 1 atom stereocenters. The third kappa shape index (κ3) is 0.952. The van der Waals surface area contributed by atoms with Crippen LogP contribution in [0.1, 0.15) is 6.42 Å². The van der Waals surface area contributed by atoms with Crippen molar-refractivity contribution in [3.63, 3.8) is 0 Å². The van der Waals surface area contributed by atoms with Gasteiger partial charge >= 0.3 is 5.97 Å². The number of carbonyl (C=O) groups is 1. The molecule has 0 aromatic carbocycles. The molecule has 46 valence electrons. The van der Waals surface area contributed by atoms with Crippen LogP contribution in [0.25, 0.3) is 0 Å². The largest absolute Gasteiger partial charge is 0.465 e. The highest BCUT2D eigenvalue weighted by molar-refractivity contribution is 7.95. The predicted octanol–water partition coefficient (Wildman–Crippen LogP) is 0.508. The topological polar surface area (TPSA) is 46.5 Å². The Kier molecular flexibility index (Phi) is 1.75. The molecule has 1 saturated heterocycles. The molecule has 1 fully saturated rings. The van der Waals surface area contributed by atoms with Gasteiger partial charge in [0.15, 0.2) is 0 Å². The Balaban J connectivity index is 2.42. The van der Waals surface area contributed by atoms with Gasteiger partial charge in [0, 0.05) is 18.5 Å². The van der Waals surface area contributed by atoms with Crippen LogP contribution in [-0.4, -0.2) is 22.4 Å². The molecule has 0 aromatic rings. The van der Waals surface area contributed by atoms with Gasteiger partial charge in [0.25, 0.3) is 0 Å². The number of rotatable bonds is 1. The van der Waals surface area contributed by atoms with E-state index in [1.807, 2.05) is 0 Å². The van der Waals surface area contributed by atoms with Crippen LogP contribution in [0, 0.1) is 0 Å². The lowest BCUT2D eigenvalue weighted by Crippen LogP contribution is -2.08. The van der Waals surface area contributed by atoms with Crippen LogP contribution in [0.3, 0.4) is 0 Å². The summed E-state index contributed by atoms with van der Waals surface area (Å²) >= 11 is 0.566. The van der Waals surface area contributed by atoms with Crippen molar-refractivity contribution in [1.29, 1.82) is 0 Å². The fraction of sp³-hybridized carbons (Fsp3) is 0.750. The average molecular weight is 134 g/mol. The van der Waals surface area contributed by atoms with Gasteiger partial charge in [-0.2, -0.15) is 0 Å². The molecule has 0 saturated carbocycles. The summed E-state index contributed by atoms with van der Waals surface area (Å²) < 4.78 is 12.9. The van der Waals surface area contributed by atoms with Crippen molar-refractivity contribution in [2.75, 3.05) is 6.61 Å². The van der Waals surface area contributed by atoms with Crippen LogP contribution >= 0.6 is 12.0 Å². The average Bonchev–Trinajstić information content (AvgIpc) is 2.14. The van der Waals surface area contributed by atoms with E-state index in [1.54, 1.807) is 0 Å². The molecule has 0 amide bonds. The quantitative estimate of drug-likeness (QED) is 0.419. The number of carbonyl (C=O) groups excluding carboxylic acids is 1. The van der Waals surface area contributed by atoms with Gasteiger partial charge in [-0.25, -0.2) is 0 Å². The second-order valence-electron chi connectivity index (χ2n) is 1.55.